The van der Waals surface area contributed by atoms with Gasteiger partial charge in [-0.3, -0.25) is 18.4 Å². The van der Waals surface area contributed by atoms with Crippen LogP contribution in [-0.2, 0) is 36.7 Å². The normalized spacial score (nSPS) is 23.2. The minimum Gasteiger partial charge on any atom is -0.350 e. The van der Waals surface area contributed by atoms with Crippen molar-refractivity contribution in [2.75, 3.05) is 19.9 Å². The Kier molecular flexibility index (Phi) is 13.2. The van der Waals surface area contributed by atoms with Gasteiger partial charge in [-0.2, -0.15) is 5.26 Å². The fraction of sp³-hybridized carbons (Fsp3) is 0.852. The number of hydrogen-bond donors (Lipinski definition) is 1. The second-order valence-corrected chi connectivity index (χ2v) is 15.6. The molecule has 0 aromatic rings. The Morgan fingerprint density at radius 2 is 1.76 bits per heavy atom. The van der Waals surface area contributed by atoms with Crippen molar-refractivity contribution < 1.29 is 36.7 Å². The molecule has 0 spiro atoms. The van der Waals surface area contributed by atoms with Gasteiger partial charge in [0.25, 0.3) is 8.53 Å². The average Bonchev–Trinajstić information content (AvgIpc) is 3.19. The van der Waals surface area contributed by atoms with Crippen LogP contribution in [0.1, 0.15) is 89.0 Å². The maximum atomic E-state index is 13.8. The molecule has 2 aliphatic rings. The molecule has 2 heterocycles. The van der Waals surface area contributed by atoms with E-state index in [1.807, 2.05) is 4.90 Å². The number of phosphoric acid groups is 1. The van der Waals surface area contributed by atoms with Crippen molar-refractivity contribution in [2.45, 2.75) is 131 Å². The van der Waals surface area contributed by atoms with Crippen molar-refractivity contribution in [1.82, 2.24) is 14.9 Å². The van der Waals surface area contributed by atoms with E-state index in [1.165, 1.54) is 0 Å². The van der Waals surface area contributed by atoms with Crippen molar-refractivity contribution in [2.24, 2.45) is 0 Å². The lowest BCUT2D eigenvalue weighted by Gasteiger charge is -2.37. The van der Waals surface area contributed by atoms with Crippen LogP contribution >= 0.6 is 16.3 Å². The zero-order valence-electron chi connectivity index (χ0n) is 26.5. The summed E-state index contributed by atoms with van der Waals surface area (Å²) in [5, 5.41) is 11.9. The van der Waals surface area contributed by atoms with Gasteiger partial charge in [0.15, 0.2) is 0 Å². The molecule has 1 N–H and O–H groups in total. The molecule has 0 saturated carbocycles. The molecule has 41 heavy (non-hydrogen) atoms. The first-order valence-electron chi connectivity index (χ1n) is 14.1. The van der Waals surface area contributed by atoms with E-state index in [-0.39, 0.29) is 44.3 Å². The third-order valence-corrected chi connectivity index (χ3v) is 9.91. The van der Waals surface area contributed by atoms with Crippen molar-refractivity contribution in [3.8, 4) is 6.07 Å². The summed E-state index contributed by atoms with van der Waals surface area (Å²) in [4.78, 5) is 13.9. The Bertz CT molecular complexity index is 961. The molecule has 2 rings (SSSR count). The maximum Gasteiger partial charge on any atom is 0.475 e. The molecule has 1 amide bonds. The first-order chi connectivity index (χ1) is 18.8. The molecular formula is C27H50N4O8P2. The highest BCUT2D eigenvalue weighted by molar-refractivity contribution is 7.48. The second kappa shape index (κ2) is 15.1. The van der Waals surface area contributed by atoms with Crippen molar-refractivity contribution in [1.29, 1.82) is 5.26 Å². The quantitative estimate of drug-likeness (QED) is 0.186. The molecule has 236 valence electrons. The van der Waals surface area contributed by atoms with Crippen LogP contribution in [0.4, 0.5) is 0 Å². The number of rotatable bonds is 14. The van der Waals surface area contributed by atoms with E-state index in [0.29, 0.717) is 12.0 Å². The van der Waals surface area contributed by atoms with Crippen LogP contribution in [0.25, 0.3) is 0 Å². The Morgan fingerprint density at radius 1 is 1.17 bits per heavy atom. The Morgan fingerprint density at radius 3 is 2.24 bits per heavy atom. The predicted molar refractivity (Wildman–Crippen MR) is 157 cm³/mol. The van der Waals surface area contributed by atoms with Crippen molar-refractivity contribution >= 4 is 22.3 Å². The molecule has 1 fully saturated rings. The number of amides is 1. The molecule has 0 aliphatic carbocycles. The lowest BCUT2D eigenvalue weighted by molar-refractivity contribution is -0.121. The Hall–Kier alpha value is -1.12. The molecule has 1 saturated heterocycles. The molecule has 4 atom stereocenters. The van der Waals surface area contributed by atoms with Gasteiger partial charge in [-0.25, -0.2) is 9.24 Å². The number of nitrogens with one attached hydrogen (secondary N) is 1. The zero-order valence-corrected chi connectivity index (χ0v) is 28.3. The first kappa shape index (κ1) is 36.1. The number of phosphoric ester groups is 1. The molecular weight excluding hydrogens is 570 g/mol. The summed E-state index contributed by atoms with van der Waals surface area (Å²) < 4.78 is 52.6. The molecule has 0 aromatic carbocycles. The number of nitriles is 1. The van der Waals surface area contributed by atoms with Gasteiger partial charge < -0.3 is 24.0 Å². The summed E-state index contributed by atoms with van der Waals surface area (Å²) >= 11 is 0. The molecule has 14 heteroatoms. The largest absolute Gasteiger partial charge is 0.475 e. The molecule has 0 aromatic heterocycles. The Labute approximate surface area is 247 Å². The third kappa shape index (κ3) is 11.8. The van der Waals surface area contributed by atoms with Gasteiger partial charge in [-0.05, 0) is 76.2 Å². The highest BCUT2D eigenvalue weighted by Gasteiger charge is 2.45. The van der Waals surface area contributed by atoms with Crippen LogP contribution in [0.3, 0.4) is 0 Å². The minimum absolute atomic E-state index is 0.111. The lowest BCUT2D eigenvalue weighted by Crippen LogP contribution is -2.45. The van der Waals surface area contributed by atoms with Gasteiger partial charge in [0.05, 0.1) is 49.7 Å². The van der Waals surface area contributed by atoms with E-state index >= 15 is 0 Å². The summed E-state index contributed by atoms with van der Waals surface area (Å²) in [5.74, 6) is -0.134. The molecule has 2 aliphatic heterocycles. The summed E-state index contributed by atoms with van der Waals surface area (Å²) in [5.41, 5.74) is -1.02. The fourth-order valence-electron chi connectivity index (χ4n) is 4.32. The summed E-state index contributed by atoms with van der Waals surface area (Å²) in [7, 11) is -5.58. The van der Waals surface area contributed by atoms with Crippen LogP contribution < -0.4 is 5.32 Å². The lowest BCUT2D eigenvalue weighted by atomic mass is 10.2. The van der Waals surface area contributed by atoms with Gasteiger partial charge in [0, 0.05) is 30.3 Å². The van der Waals surface area contributed by atoms with E-state index < -0.39 is 46.0 Å². The predicted octanol–water partition coefficient (Wildman–Crippen LogP) is 5.81. The van der Waals surface area contributed by atoms with Crippen LogP contribution in [0.2, 0.25) is 0 Å². The second-order valence-electron chi connectivity index (χ2n) is 12.7. The van der Waals surface area contributed by atoms with Gasteiger partial charge in [-0.15, -0.1) is 0 Å². The smallest absolute Gasteiger partial charge is 0.350 e. The van der Waals surface area contributed by atoms with Crippen LogP contribution in [-0.4, -0.2) is 77.1 Å². The van der Waals surface area contributed by atoms with Gasteiger partial charge in [0.2, 0.25) is 5.91 Å². The summed E-state index contributed by atoms with van der Waals surface area (Å²) in [6, 6.07) is 2.34. The molecule has 12 nitrogen and oxygen atoms in total. The van der Waals surface area contributed by atoms with Gasteiger partial charge in [-0.1, -0.05) is 0 Å². The number of hydrogen-bond acceptors (Lipinski definition) is 11. The fourth-order valence-corrected chi connectivity index (χ4v) is 7.90. The maximum absolute atomic E-state index is 13.8. The van der Waals surface area contributed by atoms with Crippen molar-refractivity contribution in [3.63, 3.8) is 0 Å². The van der Waals surface area contributed by atoms with E-state index in [1.54, 1.807) is 54.7 Å². The average molecular weight is 621 g/mol. The summed E-state index contributed by atoms with van der Waals surface area (Å²) in [6.07, 6.45) is 0.814. The van der Waals surface area contributed by atoms with E-state index in [0.717, 1.165) is 0 Å². The number of carbonyl (C=O) groups excluding carboxylic acids is 1. The highest BCUT2D eigenvalue weighted by atomic mass is 31.2. The SMILES string of the molecule is CC1=CN([C@H]2C[C@H](OP(OCCC#N)N(C(C)C)C(C)C)[C@@H](COP(=O)(OC(C)(C)C)OC(C)(C)C)O2)CNC1=O. The third-order valence-electron chi connectivity index (χ3n) is 5.75. The monoisotopic (exact) mass is 620 g/mol. The highest BCUT2D eigenvalue weighted by Crippen LogP contribution is 2.56. The number of ether oxygens (including phenoxy) is 1. The van der Waals surface area contributed by atoms with Crippen LogP contribution in [0, 0.1) is 11.3 Å². The first-order valence-corrected chi connectivity index (χ1v) is 16.7. The van der Waals surface area contributed by atoms with Crippen LogP contribution in [0.5, 0.6) is 0 Å². The van der Waals surface area contributed by atoms with Crippen molar-refractivity contribution in [3.05, 3.63) is 11.8 Å². The molecule has 1 unspecified atom stereocenters. The topological polar surface area (TPSA) is 132 Å². The molecule has 0 radical (unpaired) electrons. The number of carbonyl (C=O) groups is 1. The Balaban J connectivity index is 2.36. The zero-order chi connectivity index (χ0) is 31.2. The minimum atomic E-state index is -4.01. The standard InChI is InChI=1S/C27H50N4O8P2/c1-19(2)31(20(3)4)40(34-14-12-13-28)37-22-15-24(30-16-21(5)25(32)29-18-30)36-23(22)17-35-41(33,38-26(6,7)8)39-27(9,10)11/h16,19-20,22-24H,12,14-15,17-18H2,1-11H3,(H,29,32)/t22-,23+,24+,40?/m0/s1. The van der Waals surface area contributed by atoms with Gasteiger partial charge in [0.1, 0.15) is 12.3 Å². The van der Waals surface area contributed by atoms with E-state index in [2.05, 4.69) is 43.8 Å². The van der Waals surface area contributed by atoms with Gasteiger partial charge >= 0.3 is 7.82 Å². The van der Waals surface area contributed by atoms with E-state index in [4.69, 9.17) is 32.6 Å². The molecule has 0 bridgehead atoms. The number of nitrogens with zero attached hydrogens (tertiary/aromatic N) is 3. The van der Waals surface area contributed by atoms with E-state index in [9.17, 15) is 9.36 Å². The summed E-state index contributed by atoms with van der Waals surface area (Å²) in [6.45, 7) is 21.0. The van der Waals surface area contributed by atoms with Crippen LogP contribution in [0.15, 0.2) is 11.8 Å².